The SMILES string of the molecule is CCCn1ccnc1C(NN)C(CC)OC. The van der Waals surface area contributed by atoms with Crippen LogP contribution in [0.5, 0.6) is 0 Å². The first-order chi connectivity index (χ1) is 7.78. The number of ether oxygens (including phenoxy) is 1. The van der Waals surface area contributed by atoms with Crippen molar-refractivity contribution >= 4 is 0 Å². The highest BCUT2D eigenvalue weighted by Gasteiger charge is 2.24. The summed E-state index contributed by atoms with van der Waals surface area (Å²) >= 11 is 0. The normalized spacial score (nSPS) is 15.0. The molecule has 1 aromatic heterocycles. The standard InChI is InChI=1S/C11H22N4O/c1-4-7-15-8-6-13-11(15)10(14-12)9(5-2)16-3/h6,8-10,14H,4-5,7,12H2,1-3H3. The van der Waals surface area contributed by atoms with Crippen LogP contribution in [0.1, 0.15) is 38.6 Å². The number of hydrogen-bond donors (Lipinski definition) is 2. The molecule has 0 amide bonds. The van der Waals surface area contributed by atoms with E-state index in [1.165, 1.54) is 0 Å². The van der Waals surface area contributed by atoms with Gasteiger partial charge in [-0.3, -0.25) is 5.84 Å². The minimum absolute atomic E-state index is 0.0445. The Balaban J connectivity index is 2.88. The van der Waals surface area contributed by atoms with Crippen LogP contribution in [-0.4, -0.2) is 22.8 Å². The fraction of sp³-hybridized carbons (Fsp3) is 0.727. The van der Waals surface area contributed by atoms with Crippen LogP contribution in [0.4, 0.5) is 0 Å². The lowest BCUT2D eigenvalue weighted by Crippen LogP contribution is -2.39. The van der Waals surface area contributed by atoms with Crippen LogP contribution in [0.3, 0.4) is 0 Å². The molecule has 5 heteroatoms. The number of methoxy groups -OCH3 is 1. The Labute approximate surface area is 97.0 Å². The van der Waals surface area contributed by atoms with Gasteiger partial charge in [-0.05, 0) is 12.8 Å². The molecule has 1 rings (SSSR count). The van der Waals surface area contributed by atoms with Crippen molar-refractivity contribution in [1.82, 2.24) is 15.0 Å². The first-order valence-corrected chi connectivity index (χ1v) is 5.78. The summed E-state index contributed by atoms with van der Waals surface area (Å²) in [5.41, 5.74) is 2.80. The monoisotopic (exact) mass is 226 g/mol. The van der Waals surface area contributed by atoms with Crippen molar-refractivity contribution in [2.24, 2.45) is 5.84 Å². The quantitative estimate of drug-likeness (QED) is 0.542. The van der Waals surface area contributed by atoms with Gasteiger partial charge in [0.1, 0.15) is 11.9 Å². The molecular formula is C11H22N4O. The summed E-state index contributed by atoms with van der Waals surface area (Å²) < 4.78 is 7.53. The molecule has 0 saturated carbocycles. The largest absolute Gasteiger partial charge is 0.379 e. The molecule has 0 spiro atoms. The Kier molecular flexibility index (Phi) is 5.45. The van der Waals surface area contributed by atoms with E-state index < -0.39 is 0 Å². The zero-order valence-corrected chi connectivity index (χ0v) is 10.3. The third kappa shape index (κ3) is 2.81. The highest BCUT2D eigenvalue weighted by molar-refractivity contribution is 5.02. The van der Waals surface area contributed by atoms with Crippen LogP contribution in [0.25, 0.3) is 0 Å². The number of aryl methyl sites for hydroxylation is 1. The molecule has 92 valence electrons. The van der Waals surface area contributed by atoms with E-state index in [4.69, 9.17) is 10.6 Å². The van der Waals surface area contributed by atoms with Crippen LogP contribution in [0.2, 0.25) is 0 Å². The lowest BCUT2D eigenvalue weighted by atomic mass is 10.1. The van der Waals surface area contributed by atoms with Gasteiger partial charge in [0.05, 0.1) is 6.10 Å². The summed E-state index contributed by atoms with van der Waals surface area (Å²) in [5.74, 6) is 6.54. The topological polar surface area (TPSA) is 65.1 Å². The molecule has 0 saturated heterocycles. The van der Waals surface area contributed by atoms with Crippen molar-refractivity contribution in [2.45, 2.75) is 45.4 Å². The van der Waals surface area contributed by atoms with Crippen LogP contribution in [0, 0.1) is 0 Å². The number of rotatable bonds is 7. The average Bonchev–Trinajstić information content (AvgIpc) is 2.74. The predicted molar refractivity (Wildman–Crippen MR) is 63.7 cm³/mol. The Morgan fingerprint density at radius 2 is 2.31 bits per heavy atom. The fourth-order valence-electron chi connectivity index (χ4n) is 1.92. The van der Waals surface area contributed by atoms with E-state index in [-0.39, 0.29) is 12.1 Å². The maximum absolute atomic E-state index is 5.60. The molecule has 0 aliphatic heterocycles. The summed E-state index contributed by atoms with van der Waals surface area (Å²) in [6.07, 6.45) is 5.79. The van der Waals surface area contributed by atoms with Gasteiger partial charge in [-0.2, -0.15) is 0 Å². The van der Waals surface area contributed by atoms with Crippen molar-refractivity contribution in [2.75, 3.05) is 7.11 Å². The van der Waals surface area contributed by atoms with Crippen LogP contribution >= 0.6 is 0 Å². The molecule has 0 aliphatic rings. The molecular weight excluding hydrogens is 204 g/mol. The van der Waals surface area contributed by atoms with E-state index in [0.717, 1.165) is 25.2 Å². The van der Waals surface area contributed by atoms with E-state index in [2.05, 4.69) is 28.8 Å². The zero-order chi connectivity index (χ0) is 12.0. The van der Waals surface area contributed by atoms with Gasteiger partial charge in [-0.1, -0.05) is 13.8 Å². The summed E-state index contributed by atoms with van der Waals surface area (Å²) in [4.78, 5) is 4.36. The third-order valence-corrected chi connectivity index (χ3v) is 2.75. The molecule has 1 aromatic rings. The Morgan fingerprint density at radius 1 is 1.56 bits per heavy atom. The van der Waals surface area contributed by atoms with E-state index >= 15 is 0 Å². The second-order valence-corrected chi connectivity index (χ2v) is 3.81. The first-order valence-electron chi connectivity index (χ1n) is 5.78. The number of nitrogens with zero attached hydrogens (tertiary/aromatic N) is 2. The first kappa shape index (κ1) is 13.2. The Morgan fingerprint density at radius 3 is 2.81 bits per heavy atom. The maximum atomic E-state index is 5.60. The van der Waals surface area contributed by atoms with Gasteiger partial charge in [-0.15, -0.1) is 0 Å². The molecule has 3 N–H and O–H groups in total. The molecule has 16 heavy (non-hydrogen) atoms. The molecule has 5 nitrogen and oxygen atoms in total. The van der Waals surface area contributed by atoms with E-state index in [9.17, 15) is 0 Å². The van der Waals surface area contributed by atoms with Crippen molar-refractivity contribution in [3.05, 3.63) is 18.2 Å². The van der Waals surface area contributed by atoms with Crippen LogP contribution in [-0.2, 0) is 11.3 Å². The zero-order valence-electron chi connectivity index (χ0n) is 10.3. The highest BCUT2D eigenvalue weighted by atomic mass is 16.5. The summed E-state index contributed by atoms with van der Waals surface area (Å²) in [5, 5.41) is 0. The molecule has 1 heterocycles. The van der Waals surface area contributed by atoms with Gasteiger partial charge in [0, 0.05) is 26.0 Å². The minimum Gasteiger partial charge on any atom is -0.379 e. The lowest BCUT2D eigenvalue weighted by molar-refractivity contribution is 0.0611. The number of nitrogens with two attached hydrogens (primary N) is 1. The minimum atomic E-state index is -0.0588. The van der Waals surface area contributed by atoms with Gasteiger partial charge in [-0.25, -0.2) is 10.4 Å². The molecule has 0 radical (unpaired) electrons. The number of hydrazine groups is 1. The van der Waals surface area contributed by atoms with Crippen molar-refractivity contribution < 1.29 is 4.74 Å². The van der Waals surface area contributed by atoms with Gasteiger partial charge in [0.25, 0.3) is 0 Å². The number of aromatic nitrogens is 2. The van der Waals surface area contributed by atoms with Crippen molar-refractivity contribution in [3.63, 3.8) is 0 Å². The summed E-state index contributed by atoms with van der Waals surface area (Å²) in [6, 6.07) is -0.0588. The van der Waals surface area contributed by atoms with Gasteiger partial charge >= 0.3 is 0 Å². The predicted octanol–water partition coefficient (Wildman–Crippen LogP) is 1.22. The van der Waals surface area contributed by atoms with E-state index in [1.54, 1.807) is 13.3 Å². The van der Waals surface area contributed by atoms with Crippen LogP contribution in [0.15, 0.2) is 12.4 Å². The van der Waals surface area contributed by atoms with Gasteiger partial charge < -0.3 is 9.30 Å². The van der Waals surface area contributed by atoms with Crippen molar-refractivity contribution in [1.29, 1.82) is 0 Å². The van der Waals surface area contributed by atoms with E-state index in [0.29, 0.717) is 0 Å². The van der Waals surface area contributed by atoms with Crippen LogP contribution < -0.4 is 11.3 Å². The summed E-state index contributed by atoms with van der Waals surface area (Å²) in [6.45, 7) is 5.17. The third-order valence-electron chi connectivity index (χ3n) is 2.75. The van der Waals surface area contributed by atoms with E-state index in [1.807, 2.05) is 6.20 Å². The second kappa shape index (κ2) is 6.62. The molecule has 2 unspecified atom stereocenters. The van der Waals surface area contributed by atoms with Crippen molar-refractivity contribution in [3.8, 4) is 0 Å². The highest BCUT2D eigenvalue weighted by Crippen LogP contribution is 2.19. The van der Waals surface area contributed by atoms with Gasteiger partial charge in [0.15, 0.2) is 0 Å². The number of imidazole rings is 1. The molecule has 0 aromatic carbocycles. The average molecular weight is 226 g/mol. The fourth-order valence-corrected chi connectivity index (χ4v) is 1.92. The Bertz CT molecular complexity index is 296. The Hall–Kier alpha value is -0.910. The second-order valence-electron chi connectivity index (χ2n) is 3.81. The number of nitrogens with one attached hydrogen (secondary N) is 1. The molecule has 0 aliphatic carbocycles. The lowest BCUT2D eigenvalue weighted by Gasteiger charge is -2.24. The summed E-state index contributed by atoms with van der Waals surface area (Å²) in [7, 11) is 1.70. The molecule has 0 bridgehead atoms. The van der Waals surface area contributed by atoms with Gasteiger partial charge in [0.2, 0.25) is 0 Å². The maximum Gasteiger partial charge on any atom is 0.129 e. The molecule has 2 atom stereocenters. The smallest absolute Gasteiger partial charge is 0.129 e. The number of hydrogen-bond acceptors (Lipinski definition) is 4. The molecule has 0 fully saturated rings.